The first-order valence-electron chi connectivity index (χ1n) is 5.16. The Bertz CT molecular complexity index is 725. The van der Waals surface area contributed by atoms with Gasteiger partial charge in [-0.3, -0.25) is 14.6 Å². The third kappa shape index (κ3) is 1.90. The van der Waals surface area contributed by atoms with Gasteiger partial charge in [0.05, 0.1) is 21.8 Å². The van der Waals surface area contributed by atoms with Crippen LogP contribution in [0.2, 0.25) is 4.34 Å². The van der Waals surface area contributed by atoms with Crippen molar-refractivity contribution in [2.24, 2.45) is 0 Å². The first-order chi connectivity index (χ1) is 8.24. The van der Waals surface area contributed by atoms with E-state index in [1.165, 1.54) is 11.3 Å². The minimum Gasteiger partial charge on any atom is -0.279 e. The van der Waals surface area contributed by atoms with Crippen LogP contribution in [0.5, 0.6) is 0 Å². The summed E-state index contributed by atoms with van der Waals surface area (Å²) in [5.74, 6) is 0. The zero-order chi connectivity index (χ0) is 11.8. The number of hydrogen-bond acceptors (Lipinski definition) is 2. The van der Waals surface area contributed by atoms with Gasteiger partial charge < -0.3 is 0 Å². The monoisotopic (exact) mass is 264 g/mol. The fourth-order valence-electron chi connectivity index (χ4n) is 1.86. The van der Waals surface area contributed by atoms with E-state index in [1.54, 1.807) is 0 Å². The Hall–Kier alpha value is -1.52. The molecule has 17 heavy (non-hydrogen) atoms. The molecule has 0 unspecified atom stereocenters. The quantitative estimate of drug-likeness (QED) is 0.759. The van der Waals surface area contributed by atoms with Crippen molar-refractivity contribution in [2.45, 2.75) is 6.54 Å². The van der Waals surface area contributed by atoms with E-state index >= 15 is 0 Å². The molecule has 0 aliphatic carbocycles. The lowest BCUT2D eigenvalue weighted by Crippen LogP contribution is -2.05. The molecule has 0 fully saturated rings. The van der Waals surface area contributed by atoms with Gasteiger partial charge in [-0.05, 0) is 24.3 Å². The van der Waals surface area contributed by atoms with Crippen LogP contribution in [-0.4, -0.2) is 9.78 Å². The maximum Gasteiger partial charge on any atom is 0.271 e. The molecule has 1 aromatic carbocycles. The van der Waals surface area contributed by atoms with Crippen LogP contribution in [0.4, 0.5) is 0 Å². The minimum absolute atomic E-state index is 0.0525. The lowest BCUT2D eigenvalue weighted by molar-refractivity contribution is 0.711. The van der Waals surface area contributed by atoms with Crippen LogP contribution in [0.15, 0.2) is 41.2 Å². The zero-order valence-corrected chi connectivity index (χ0v) is 10.4. The van der Waals surface area contributed by atoms with E-state index < -0.39 is 0 Å². The lowest BCUT2D eigenvalue weighted by atomic mass is 10.2. The average Bonchev–Trinajstić information content (AvgIpc) is 2.86. The van der Waals surface area contributed by atoms with Crippen molar-refractivity contribution < 1.29 is 0 Å². The van der Waals surface area contributed by atoms with E-state index in [-0.39, 0.29) is 5.56 Å². The number of aromatic nitrogens is 2. The van der Waals surface area contributed by atoms with E-state index in [9.17, 15) is 4.79 Å². The van der Waals surface area contributed by atoms with Gasteiger partial charge in [-0.2, -0.15) is 0 Å². The molecule has 0 spiro atoms. The summed E-state index contributed by atoms with van der Waals surface area (Å²) in [6.45, 7) is 0.639. The largest absolute Gasteiger partial charge is 0.279 e. The molecule has 0 atom stereocenters. The Balaban J connectivity index is 2.09. The van der Waals surface area contributed by atoms with Crippen molar-refractivity contribution >= 4 is 33.8 Å². The van der Waals surface area contributed by atoms with Crippen LogP contribution in [0.3, 0.4) is 0 Å². The number of para-hydroxylation sites is 1. The number of halogens is 1. The second-order valence-corrected chi connectivity index (χ2v) is 5.55. The van der Waals surface area contributed by atoms with E-state index in [1.807, 2.05) is 41.1 Å². The van der Waals surface area contributed by atoms with Gasteiger partial charge in [0.15, 0.2) is 0 Å². The second kappa shape index (κ2) is 4.05. The van der Waals surface area contributed by atoms with Crippen LogP contribution in [0, 0.1) is 0 Å². The molecule has 2 heterocycles. The first-order valence-corrected chi connectivity index (χ1v) is 6.35. The molecule has 0 bridgehead atoms. The fourth-order valence-corrected chi connectivity index (χ4v) is 2.94. The van der Waals surface area contributed by atoms with Gasteiger partial charge in [0.2, 0.25) is 0 Å². The van der Waals surface area contributed by atoms with Gasteiger partial charge in [0.1, 0.15) is 0 Å². The second-order valence-electron chi connectivity index (χ2n) is 3.75. The minimum atomic E-state index is -0.0525. The molecule has 3 aromatic rings. The fraction of sp³-hybridized carbons (Fsp3) is 0.0833. The molecule has 5 heteroatoms. The zero-order valence-electron chi connectivity index (χ0n) is 8.81. The molecule has 86 valence electrons. The maximum atomic E-state index is 11.7. The standard InChI is InChI=1S/C12H9ClN2OS/c13-11-6-5-8(17-11)7-15-10-4-2-1-3-9(10)12(16)14-15/h1-6H,7H2,(H,14,16). The van der Waals surface area contributed by atoms with Gasteiger partial charge >= 0.3 is 0 Å². The summed E-state index contributed by atoms with van der Waals surface area (Å²) in [4.78, 5) is 12.8. The number of benzene rings is 1. The number of hydrogen-bond donors (Lipinski definition) is 1. The number of nitrogens with one attached hydrogen (secondary N) is 1. The van der Waals surface area contributed by atoms with Crippen molar-refractivity contribution in [3.8, 4) is 0 Å². The summed E-state index contributed by atoms with van der Waals surface area (Å²) in [6.07, 6.45) is 0. The maximum absolute atomic E-state index is 11.7. The summed E-state index contributed by atoms with van der Waals surface area (Å²) in [5.41, 5.74) is 0.866. The van der Waals surface area contributed by atoms with Gasteiger partial charge in [-0.1, -0.05) is 23.7 Å². The predicted octanol–water partition coefficient (Wildman–Crippen LogP) is 3.09. The third-order valence-corrected chi connectivity index (χ3v) is 3.83. The van der Waals surface area contributed by atoms with E-state index in [2.05, 4.69) is 5.10 Å². The van der Waals surface area contributed by atoms with Gasteiger partial charge in [0, 0.05) is 4.88 Å². The molecule has 0 aliphatic rings. The Morgan fingerprint density at radius 1 is 1.24 bits per heavy atom. The average molecular weight is 265 g/mol. The van der Waals surface area contributed by atoms with Crippen molar-refractivity contribution in [2.75, 3.05) is 0 Å². The number of fused-ring (bicyclic) bond motifs is 1. The molecular formula is C12H9ClN2OS. The van der Waals surface area contributed by atoms with Gasteiger partial charge in [-0.25, -0.2) is 0 Å². The summed E-state index contributed by atoms with van der Waals surface area (Å²) in [7, 11) is 0. The third-order valence-electron chi connectivity index (χ3n) is 2.62. The molecule has 3 rings (SSSR count). The summed E-state index contributed by atoms with van der Waals surface area (Å²) >= 11 is 7.41. The number of aromatic amines is 1. The van der Waals surface area contributed by atoms with E-state index in [0.717, 1.165) is 20.1 Å². The Morgan fingerprint density at radius 3 is 2.82 bits per heavy atom. The van der Waals surface area contributed by atoms with Crippen LogP contribution >= 0.6 is 22.9 Å². The molecule has 0 aliphatic heterocycles. The van der Waals surface area contributed by atoms with Crippen LogP contribution in [0.25, 0.3) is 10.9 Å². The van der Waals surface area contributed by atoms with Gasteiger partial charge in [-0.15, -0.1) is 11.3 Å². The topological polar surface area (TPSA) is 37.8 Å². The first kappa shape index (κ1) is 10.6. The summed E-state index contributed by atoms with van der Waals surface area (Å²) in [5, 5.41) is 3.55. The highest BCUT2D eigenvalue weighted by Gasteiger charge is 2.06. The van der Waals surface area contributed by atoms with Crippen molar-refractivity contribution in [3.63, 3.8) is 0 Å². The molecule has 3 nitrogen and oxygen atoms in total. The smallest absolute Gasteiger partial charge is 0.271 e. The lowest BCUT2D eigenvalue weighted by Gasteiger charge is -2.01. The van der Waals surface area contributed by atoms with Crippen molar-refractivity contribution in [1.29, 1.82) is 0 Å². The normalized spacial score (nSPS) is 11.1. The highest BCUT2D eigenvalue weighted by molar-refractivity contribution is 7.16. The van der Waals surface area contributed by atoms with E-state index in [4.69, 9.17) is 11.6 Å². The Morgan fingerprint density at radius 2 is 2.06 bits per heavy atom. The van der Waals surface area contributed by atoms with Crippen LogP contribution in [-0.2, 0) is 6.54 Å². The Labute approximate surface area is 106 Å². The Kier molecular flexibility index (Phi) is 2.53. The highest BCUT2D eigenvalue weighted by Crippen LogP contribution is 2.22. The molecule has 1 N–H and O–H groups in total. The highest BCUT2D eigenvalue weighted by atomic mass is 35.5. The summed E-state index contributed by atoms with van der Waals surface area (Å²) in [6, 6.07) is 11.4. The molecule has 0 saturated carbocycles. The number of rotatable bonds is 2. The molecule has 0 radical (unpaired) electrons. The van der Waals surface area contributed by atoms with E-state index in [0.29, 0.717) is 6.54 Å². The summed E-state index contributed by atoms with van der Waals surface area (Å²) < 4.78 is 2.61. The van der Waals surface area contributed by atoms with Crippen LogP contribution < -0.4 is 5.56 Å². The molecule has 0 amide bonds. The molecule has 2 aromatic heterocycles. The molecular weight excluding hydrogens is 256 g/mol. The van der Waals surface area contributed by atoms with Crippen molar-refractivity contribution in [1.82, 2.24) is 9.78 Å². The number of H-pyrrole nitrogens is 1. The van der Waals surface area contributed by atoms with Crippen molar-refractivity contribution in [3.05, 3.63) is 56.0 Å². The SMILES string of the molecule is O=c1[nH]n(Cc2ccc(Cl)s2)c2ccccc12. The van der Waals surface area contributed by atoms with Crippen LogP contribution in [0.1, 0.15) is 4.88 Å². The molecule has 0 saturated heterocycles. The van der Waals surface area contributed by atoms with Gasteiger partial charge in [0.25, 0.3) is 5.56 Å². The predicted molar refractivity (Wildman–Crippen MR) is 71.0 cm³/mol. The number of nitrogens with zero attached hydrogens (tertiary/aromatic N) is 1. The number of thiophene rings is 1.